The predicted octanol–water partition coefficient (Wildman–Crippen LogP) is 3.82. The minimum atomic E-state index is 0.0493. The summed E-state index contributed by atoms with van der Waals surface area (Å²) in [6.07, 6.45) is 3.75. The van der Waals surface area contributed by atoms with Crippen molar-refractivity contribution in [3.05, 3.63) is 90.3 Å². The van der Waals surface area contributed by atoms with Crippen LogP contribution in [-0.2, 0) is 13.2 Å². The molecule has 0 atom stereocenters. The van der Waals surface area contributed by atoms with E-state index in [4.69, 9.17) is 9.94 Å². The Morgan fingerprint density at radius 3 is 2.44 bits per heavy atom. The van der Waals surface area contributed by atoms with Gasteiger partial charge in [0.05, 0.1) is 12.1 Å². The summed E-state index contributed by atoms with van der Waals surface area (Å²) in [5, 5.41) is 9.17. The summed E-state index contributed by atoms with van der Waals surface area (Å²) in [5.74, 6) is 0. The summed E-state index contributed by atoms with van der Waals surface area (Å²) in [4.78, 5) is 10.4. The largest absolute Gasteiger partial charge is 0.409 e. The smallest absolute Gasteiger partial charge is 0.140 e. The van der Waals surface area contributed by atoms with Crippen molar-refractivity contribution in [1.82, 2.24) is 9.71 Å². The highest BCUT2D eigenvalue weighted by Crippen LogP contribution is 2.23. The fourth-order valence-electron chi connectivity index (χ4n) is 2.78. The molecule has 0 saturated carbocycles. The molecule has 0 amide bonds. The van der Waals surface area contributed by atoms with Crippen LogP contribution in [0.2, 0.25) is 0 Å². The molecule has 25 heavy (non-hydrogen) atoms. The lowest BCUT2D eigenvalue weighted by Crippen LogP contribution is -2.09. The molecule has 0 unspecified atom stereocenters. The number of rotatable bonds is 5. The van der Waals surface area contributed by atoms with Crippen LogP contribution in [0.1, 0.15) is 11.1 Å². The Labute approximate surface area is 145 Å². The molecule has 4 heteroatoms. The van der Waals surface area contributed by atoms with Crippen LogP contribution in [0.5, 0.6) is 0 Å². The second-order valence-corrected chi connectivity index (χ2v) is 5.88. The van der Waals surface area contributed by atoms with Gasteiger partial charge in [0.25, 0.3) is 0 Å². The molecular formula is C21H18N2O2. The number of hydrogen-bond acceptors (Lipinski definition) is 3. The van der Waals surface area contributed by atoms with Gasteiger partial charge in [-0.1, -0.05) is 54.6 Å². The van der Waals surface area contributed by atoms with Crippen LogP contribution in [0.4, 0.5) is 0 Å². The predicted molar refractivity (Wildman–Crippen MR) is 97.8 cm³/mol. The van der Waals surface area contributed by atoms with E-state index in [0.29, 0.717) is 6.61 Å². The molecule has 4 rings (SSSR count). The first kappa shape index (κ1) is 15.4. The van der Waals surface area contributed by atoms with Crippen LogP contribution in [0.25, 0.3) is 22.2 Å². The first-order valence-corrected chi connectivity index (χ1v) is 8.18. The first-order valence-electron chi connectivity index (χ1n) is 8.18. The van der Waals surface area contributed by atoms with E-state index in [9.17, 15) is 0 Å². The number of benzene rings is 2. The Hall–Kier alpha value is -3.11. The van der Waals surface area contributed by atoms with Gasteiger partial charge in [0, 0.05) is 18.0 Å². The van der Waals surface area contributed by atoms with Gasteiger partial charge < -0.3 is 9.94 Å². The van der Waals surface area contributed by atoms with Gasteiger partial charge in [-0.25, -0.2) is 0 Å². The van der Waals surface area contributed by atoms with E-state index in [1.165, 1.54) is 0 Å². The lowest BCUT2D eigenvalue weighted by atomic mass is 10.1. The average Bonchev–Trinajstić information content (AvgIpc) is 3.09. The van der Waals surface area contributed by atoms with Gasteiger partial charge in [-0.3, -0.25) is 4.98 Å². The lowest BCUT2D eigenvalue weighted by Gasteiger charge is -2.09. The Morgan fingerprint density at radius 2 is 1.68 bits per heavy atom. The average molecular weight is 330 g/mol. The molecule has 0 spiro atoms. The summed E-state index contributed by atoms with van der Waals surface area (Å²) in [5.41, 5.74) is 5.91. The number of aromatic nitrogens is 2. The molecule has 2 aromatic carbocycles. The van der Waals surface area contributed by atoms with E-state index < -0.39 is 0 Å². The number of fused-ring (bicyclic) bond motifs is 1. The zero-order valence-corrected chi connectivity index (χ0v) is 13.7. The second kappa shape index (κ2) is 6.79. The minimum Gasteiger partial charge on any atom is -0.409 e. The number of aliphatic hydroxyl groups is 1. The van der Waals surface area contributed by atoms with Crippen LogP contribution in [-0.4, -0.2) is 14.8 Å². The van der Waals surface area contributed by atoms with Crippen molar-refractivity contribution >= 4 is 11.0 Å². The fourth-order valence-corrected chi connectivity index (χ4v) is 2.78. The molecule has 124 valence electrons. The van der Waals surface area contributed by atoms with Crippen molar-refractivity contribution in [2.45, 2.75) is 13.2 Å². The van der Waals surface area contributed by atoms with Gasteiger partial charge in [-0.2, -0.15) is 4.73 Å². The van der Waals surface area contributed by atoms with Gasteiger partial charge >= 0.3 is 0 Å². The normalized spacial score (nSPS) is 10.9. The summed E-state index contributed by atoms with van der Waals surface area (Å²) in [6.45, 7) is 0.549. The van der Waals surface area contributed by atoms with Crippen molar-refractivity contribution in [3.63, 3.8) is 0 Å². The molecule has 2 aromatic heterocycles. The summed E-state index contributed by atoms with van der Waals surface area (Å²) < 4.78 is 1.76. The standard InChI is InChI=1S/C21H18N2O2/c24-14-16-6-8-18(9-7-16)19-12-21-20(22-13-19)10-11-23(21)25-15-17-4-2-1-3-5-17/h1-13,24H,14-15H2. The zero-order valence-electron chi connectivity index (χ0n) is 13.7. The third-order valence-corrected chi connectivity index (χ3v) is 4.19. The molecule has 0 fully saturated rings. The SMILES string of the molecule is OCc1ccc(-c2cnc3ccn(OCc4ccccc4)c3c2)cc1. The van der Waals surface area contributed by atoms with Gasteiger partial charge in [0.15, 0.2) is 0 Å². The molecule has 0 bridgehead atoms. The van der Waals surface area contributed by atoms with E-state index in [1.54, 1.807) is 4.73 Å². The summed E-state index contributed by atoms with van der Waals surface area (Å²) in [7, 11) is 0. The maximum atomic E-state index is 9.17. The van der Waals surface area contributed by atoms with Crippen LogP contribution in [0.3, 0.4) is 0 Å². The van der Waals surface area contributed by atoms with E-state index >= 15 is 0 Å². The Bertz CT molecular complexity index is 976. The van der Waals surface area contributed by atoms with Crippen molar-refractivity contribution in [1.29, 1.82) is 0 Å². The Morgan fingerprint density at radius 1 is 0.880 bits per heavy atom. The fraction of sp³-hybridized carbons (Fsp3) is 0.0952. The van der Waals surface area contributed by atoms with E-state index in [-0.39, 0.29) is 6.61 Å². The van der Waals surface area contributed by atoms with Crippen LogP contribution in [0, 0.1) is 0 Å². The van der Waals surface area contributed by atoms with Gasteiger partial charge in [-0.15, -0.1) is 0 Å². The number of hydrogen-bond donors (Lipinski definition) is 1. The summed E-state index contributed by atoms with van der Waals surface area (Å²) >= 11 is 0. The number of nitrogens with zero attached hydrogens (tertiary/aromatic N) is 2. The molecule has 0 aliphatic heterocycles. The zero-order chi connectivity index (χ0) is 17.1. The molecule has 0 radical (unpaired) electrons. The van der Waals surface area contributed by atoms with Crippen molar-refractivity contribution in [3.8, 4) is 11.1 Å². The Kier molecular flexibility index (Phi) is 4.19. The molecular weight excluding hydrogens is 312 g/mol. The maximum Gasteiger partial charge on any atom is 0.140 e. The quantitative estimate of drug-likeness (QED) is 0.605. The molecule has 0 saturated heterocycles. The molecule has 4 nitrogen and oxygen atoms in total. The third kappa shape index (κ3) is 3.25. The highest BCUT2D eigenvalue weighted by molar-refractivity contribution is 5.81. The van der Waals surface area contributed by atoms with Crippen LogP contribution in [0.15, 0.2) is 79.1 Å². The third-order valence-electron chi connectivity index (χ3n) is 4.19. The monoisotopic (exact) mass is 330 g/mol. The van der Waals surface area contributed by atoms with Crippen LogP contribution >= 0.6 is 0 Å². The van der Waals surface area contributed by atoms with E-state index in [1.807, 2.05) is 73.1 Å². The maximum absolute atomic E-state index is 9.17. The number of aliphatic hydroxyl groups excluding tert-OH is 1. The molecule has 4 aromatic rings. The second-order valence-electron chi connectivity index (χ2n) is 5.88. The van der Waals surface area contributed by atoms with Gasteiger partial charge in [0.2, 0.25) is 0 Å². The Balaban J connectivity index is 1.62. The van der Waals surface area contributed by atoms with E-state index in [0.717, 1.165) is 33.3 Å². The molecule has 0 aliphatic rings. The molecule has 2 heterocycles. The van der Waals surface area contributed by atoms with Crippen molar-refractivity contribution in [2.24, 2.45) is 0 Å². The highest BCUT2D eigenvalue weighted by Gasteiger charge is 2.07. The molecule has 1 N–H and O–H groups in total. The summed E-state index contributed by atoms with van der Waals surface area (Å²) in [6, 6.07) is 21.9. The van der Waals surface area contributed by atoms with E-state index in [2.05, 4.69) is 11.1 Å². The van der Waals surface area contributed by atoms with Crippen molar-refractivity contribution in [2.75, 3.05) is 0 Å². The van der Waals surface area contributed by atoms with Gasteiger partial charge in [0.1, 0.15) is 12.1 Å². The van der Waals surface area contributed by atoms with Crippen molar-refractivity contribution < 1.29 is 9.94 Å². The van der Waals surface area contributed by atoms with Crippen LogP contribution < -0.4 is 4.84 Å². The highest BCUT2D eigenvalue weighted by atomic mass is 16.7. The van der Waals surface area contributed by atoms with Gasteiger partial charge in [-0.05, 0) is 28.8 Å². The topological polar surface area (TPSA) is 47.3 Å². The lowest BCUT2D eigenvalue weighted by molar-refractivity contribution is 0.107. The number of pyridine rings is 1. The first-order chi connectivity index (χ1) is 12.3. The molecule has 0 aliphatic carbocycles. The minimum absolute atomic E-state index is 0.0493.